The molecule has 0 amide bonds. The SMILES string of the molecule is CCCn1ccnc1CC(NC)c1cnc(C)cn1. The number of hydrogen-bond acceptors (Lipinski definition) is 4. The number of aromatic nitrogens is 4. The van der Waals surface area contributed by atoms with Gasteiger partial charge in [0.1, 0.15) is 5.82 Å². The number of rotatable bonds is 6. The summed E-state index contributed by atoms with van der Waals surface area (Å²) in [5, 5.41) is 3.29. The van der Waals surface area contributed by atoms with Crippen molar-refractivity contribution in [3.8, 4) is 0 Å². The summed E-state index contributed by atoms with van der Waals surface area (Å²) in [5.74, 6) is 1.09. The lowest BCUT2D eigenvalue weighted by atomic mass is 10.1. The van der Waals surface area contributed by atoms with Crippen molar-refractivity contribution in [2.75, 3.05) is 7.05 Å². The Labute approximate surface area is 114 Å². The van der Waals surface area contributed by atoms with Gasteiger partial charge in [0, 0.05) is 31.6 Å². The molecule has 5 nitrogen and oxygen atoms in total. The highest BCUT2D eigenvalue weighted by molar-refractivity contribution is 5.09. The highest BCUT2D eigenvalue weighted by Gasteiger charge is 2.15. The molecule has 0 bridgehead atoms. The first-order valence-electron chi connectivity index (χ1n) is 6.70. The minimum absolute atomic E-state index is 0.145. The number of hydrogen-bond donors (Lipinski definition) is 1. The van der Waals surface area contributed by atoms with Crippen LogP contribution in [0.25, 0.3) is 0 Å². The summed E-state index contributed by atoms with van der Waals surface area (Å²) in [7, 11) is 1.94. The highest BCUT2D eigenvalue weighted by Crippen LogP contribution is 2.15. The van der Waals surface area contributed by atoms with E-state index in [0.717, 1.165) is 36.6 Å². The smallest absolute Gasteiger partial charge is 0.110 e. The van der Waals surface area contributed by atoms with E-state index in [1.54, 1.807) is 6.20 Å². The molecule has 1 N–H and O–H groups in total. The number of likely N-dealkylation sites (N-methyl/N-ethyl adjacent to an activating group) is 1. The minimum Gasteiger partial charge on any atom is -0.335 e. The van der Waals surface area contributed by atoms with Gasteiger partial charge in [-0.05, 0) is 20.4 Å². The average Bonchev–Trinajstić information content (AvgIpc) is 2.85. The molecule has 2 aromatic rings. The van der Waals surface area contributed by atoms with Gasteiger partial charge in [-0.3, -0.25) is 9.97 Å². The Bertz CT molecular complexity index is 503. The maximum absolute atomic E-state index is 4.44. The predicted molar refractivity (Wildman–Crippen MR) is 74.8 cm³/mol. The molecule has 102 valence electrons. The van der Waals surface area contributed by atoms with Gasteiger partial charge in [0.2, 0.25) is 0 Å². The molecule has 0 saturated heterocycles. The fourth-order valence-corrected chi connectivity index (χ4v) is 2.09. The van der Waals surface area contributed by atoms with E-state index < -0.39 is 0 Å². The summed E-state index contributed by atoms with van der Waals surface area (Å²) < 4.78 is 2.20. The summed E-state index contributed by atoms with van der Waals surface area (Å²) in [6.45, 7) is 5.12. The Morgan fingerprint density at radius 3 is 2.74 bits per heavy atom. The van der Waals surface area contributed by atoms with Crippen molar-refractivity contribution in [1.82, 2.24) is 24.8 Å². The summed E-state index contributed by atoms with van der Waals surface area (Å²) in [5.41, 5.74) is 1.89. The molecule has 1 atom stereocenters. The number of nitrogens with zero attached hydrogens (tertiary/aromatic N) is 4. The van der Waals surface area contributed by atoms with Crippen molar-refractivity contribution in [3.63, 3.8) is 0 Å². The predicted octanol–water partition coefficient (Wildman–Crippen LogP) is 1.89. The molecule has 0 aliphatic rings. The number of nitrogens with one attached hydrogen (secondary N) is 1. The van der Waals surface area contributed by atoms with Gasteiger partial charge in [0.05, 0.1) is 23.6 Å². The van der Waals surface area contributed by atoms with E-state index in [1.165, 1.54) is 0 Å². The summed E-state index contributed by atoms with van der Waals surface area (Å²) in [4.78, 5) is 13.2. The highest BCUT2D eigenvalue weighted by atomic mass is 15.1. The lowest BCUT2D eigenvalue weighted by molar-refractivity contribution is 0.531. The van der Waals surface area contributed by atoms with Crippen molar-refractivity contribution in [3.05, 3.63) is 42.0 Å². The van der Waals surface area contributed by atoms with Gasteiger partial charge >= 0.3 is 0 Å². The van der Waals surface area contributed by atoms with Gasteiger partial charge in [0.15, 0.2) is 0 Å². The second kappa shape index (κ2) is 6.43. The van der Waals surface area contributed by atoms with Crippen molar-refractivity contribution in [2.45, 2.75) is 39.3 Å². The average molecular weight is 259 g/mol. The fourth-order valence-electron chi connectivity index (χ4n) is 2.09. The largest absolute Gasteiger partial charge is 0.335 e. The molecule has 2 heterocycles. The van der Waals surface area contributed by atoms with E-state index in [-0.39, 0.29) is 6.04 Å². The fraction of sp³-hybridized carbons (Fsp3) is 0.500. The second-order valence-corrected chi connectivity index (χ2v) is 4.66. The minimum atomic E-state index is 0.145. The van der Waals surface area contributed by atoms with Crippen LogP contribution in [0.1, 0.15) is 36.6 Å². The van der Waals surface area contributed by atoms with Gasteiger partial charge in [-0.2, -0.15) is 0 Å². The Morgan fingerprint density at radius 1 is 1.26 bits per heavy atom. The first-order chi connectivity index (χ1) is 9.24. The molecular formula is C14H21N5. The van der Waals surface area contributed by atoms with Crippen molar-refractivity contribution < 1.29 is 0 Å². The van der Waals surface area contributed by atoms with Crippen LogP contribution in [0.2, 0.25) is 0 Å². The first-order valence-corrected chi connectivity index (χ1v) is 6.70. The Balaban J connectivity index is 2.14. The second-order valence-electron chi connectivity index (χ2n) is 4.66. The van der Waals surface area contributed by atoms with E-state index in [1.807, 2.05) is 32.6 Å². The normalized spacial score (nSPS) is 12.6. The monoisotopic (exact) mass is 259 g/mol. The molecule has 1 unspecified atom stereocenters. The number of aryl methyl sites for hydroxylation is 2. The third-order valence-corrected chi connectivity index (χ3v) is 3.16. The standard InChI is InChI=1S/C14H21N5/c1-4-6-19-7-5-16-14(19)8-12(15-3)13-10-17-11(2)9-18-13/h5,7,9-10,12,15H,4,6,8H2,1-3H3. The van der Waals surface area contributed by atoms with Gasteiger partial charge in [-0.15, -0.1) is 0 Å². The van der Waals surface area contributed by atoms with Gasteiger partial charge in [0.25, 0.3) is 0 Å². The number of imidazole rings is 1. The first kappa shape index (κ1) is 13.7. The molecule has 0 aliphatic heterocycles. The molecular weight excluding hydrogens is 238 g/mol. The molecule has 0 aliphatic carbocycles. The van der Waals surface area contributed by atoms with Gasteiger partial charge in [-0.25, -0.2) is 4.98 Å². The molecule has 19 heavy (non-hydrogen) atoms. The zero-order valence-electron chi connectivity index (χ0n) is 11.8. The zero-order valence-corrected chi connectivity index (χ0v) is 11.8. The van der Waals surface area contributed by atoms with E-state index in [4.69, 9.17) is 0 Å². The summed E-state index contributed by atoms with van der Waals surface area (Å²) in [6.07, 6.45) is 9.46. The molecule has 0 saturated carbocycles. The molecule has 0 radical (unpaired) electrons. The topological polar surface area (TPSA) is 55.6 Å². The van der Waals surface area contributed by atoms with Crippen LogP contribution >= 0.6 is 0 Å². The van der Waals surface area contributed by atoms with Crippen LogP contribution in [-0.4, -0.2) is 26.6 Å². The zero-order chi connectivity index (χ0) is 13.7. The van der Waals surface area contributed by atoms with Crippen LogP contribution in [-0.2, 0) is 13.0 Å². The summed E-state index contributed by atoms with van der Waals surface area (Å²) >= 11 is 0. The Morgan fingerprint density at radius 2 is 2.11 bits per heavy atom. The maximum Gasteiger partial charge on any atom is 0.110 e. The van der Waals surface area contributed by atoms with E-state index in [0.29, 0.717) is 0 Å². The summed E-state index contributed by atoms with van der Waals surface area (Å²) in [6, 6.07) is 0.145. The Kier molecular flexibility index (Phi) is 4.63. The van der Waals surface area contributed by atoms with Crippen LogP contribution in [0.5, 0.6) is 0 Å². The van der Waals surface area contributed by atoms with Gasteiger partial charge in [-0.1, -0.05) is 6.92 Å². The lowest BCUT2D eigenvalue weighted by Gasteiger charge is -2.16. The molecule has 2 aromatic heterocycles. The van der Waals surface area contributed by atoms with E-state index in [9.17, 15) is 0 Å². The quantitative estimate of drug-likeness (QED) is 0.860. The van der Waals surface area contributed by atoms with Crippen LogP contribution in [0.4, 0.5) is 0 Å². The van der Waals surface area contributed by atoms with Crippen molar-refractivity contribution in [2.24, 2.45) is 0 Å². The van der Waals surface area contributed by atoms with Crippen LogP contribution in [0.3, 0.4) is 0 Å². The third kappa shape index (κ3) is 3.38. The van der Waals surface area contributed by atoms with E-state index >= 15 is 0 Å². The van der Waals surface area contributed by atoms with Crippen molar-refractivity contribution >= 4 is 0 Å². The molecule has 0 spiro atoms. The lowest BCUT2D eigenvalue weighted by Crippen LogP contribution is -2.22. The van der Waals surface area contributed by atoms with Gasteiger partial charge < -0.3 is 9.88 Å². The van der Waals surface area contributed by atoms with Crippen LogP contribution < -0.4 is 5.32 Å². The molecule has 5 heteroatoms. The maximum atomic E-state index is 4.44. The van der Waals surface area contributed by atoms with Crippen LogP contribution in [0.15, 0.2) is 24.8 Å². The van der Waals surface area contributed by atoms with E-state index in [2.05, 4.69) is 31.8 Å². The molecule has 2 rings (SSSR count). The molecule has 0 aromatic carbocycles. The van der Waals surface area contributed by atoms with Crippen LogP contribution in [0, 0.1) is 6.92 Å². The third-order valence-electron chi connectivity index (χ3n) is 3.16. The molecule has 0 fully saturated rings. The Hall–Kier alpha value is -1.75. The van der Waals surface area contributed by atoms with Crippen molar-refractivity contribution in [1.29, 1.82) is 0 Å².